The first-order chi connectivity index (χ1) is 9.65. The maximum absolute atomic E-state index is 4.61. The van der Waals surface area contributed by atoms with Crippen molar-refractivity contribution in [3.8, 4) is 0 Å². The van der Waals surface area contributed by atoms with E-state index in [-0.39, 0.29) is 0 Å². The number of para-hydroxylation sites is 2. The second-order valence-electron chi connectivity index (χ2n) is 5.97. The van der Waals surface area contributed by atoms with Crippen LogP contribution in [-0.2, 0) is 6.54 Å². The molecule has 2 unspecified atom stereocenters. The molecule has 1 aromatic carbocycles. The Balaban J connectivity index is 1.62. The Morgan fingerprint density at radius 3 is 2.90 bits per heavy atom. The van der Waals surface area contributed by atoms with Gasteiger partial charge in [-0.2, -0.15) is 0 Å². The monoisotopic (exact) mass is 272 g/mol. The van der Waals surface area contributed by atoms with Crippen LogP contribution in [0, 0.1) is 6.92 Å². The van der Waals surface area contributed by atoms with Crippen molar-refractivity contribution in [3.63, 3.8) is 0 Å². The molecule has 0 amide bonds. The Hall–Kier alpha value is -1.39. The number of hydrogen-bond donors (Lipinski definition) is 1. The maximum atomic E-state index is 4.61. The van der Waals surface area contributed by atoms with Crippen LogP contribution >= 0.6 is 0 Å². The summed E-state index contributed by atoms with van der Waals surface area (Å²) in [6.07, 6.45) is 1.25. The number of fused-ring (bicyclic) bond motifs is 1. The zero-order chi connectivity index (χ0) is 14.1. The van der Waals surface area contributed by atoms with Gasteiger partial charge in [0.2, 0.25) is 0 Å². The lowest BCUT2D eigenvalue weighted by molar-refractivity contribution is 0.326. The second-order valence-corrected chi connectivity index (χ2v) is 5.97. The van der Waals surface area contributed by atoms with E-state index in [2.05, 4.69) is 58.9 Å². The van der Waals surface area contributed by atoms with Gasteiger partial charge >= 0.3 is 0 Å². The minimum Gasteiger partial charge on any atom is -0.327 e. The third kappa shape index (κ3) is 2.58. The van der Waals surface area contributed by atoms with E-state index in [1.807, 2.05) is 6.07 Å². The van der Waals surface area contributed by atoms with Crippen molar-refractivity contribution in [2.45, 2.75) is 38.9 Å². The highest BCUT2D eigenvalue weighted by Gasteiger charge is 2.25. The summed E-state index contributed by atoms with van der Waals surface area (Å²) >= 11 is 0. The van der Waals surface area contributed by atoms with Gasteiger partial charge in [-0.05, 0) is 39.4 Å². The van der Waals surface area contributed by atoms with Gasteiger partial charge in [0.15, 0.2) is 0 Å². The molecule has 1 saturated heterocycles. The fourth-order valence-electron chi connectivity index (χ4n) is 3.20. The Morgan fingerprint density at radius 2 is 2.15 bits per heavy atom. The highest BCUT2D eigenvalue weighted by atomic mass is 15.2. The molecular weight excluding hydrogens is 248 g/mol. The lowest BCUT2D eigenvalue weighted by Gasteiger charge is -2.14. The molecule has 2 atom stereocenters. The number of nitrogens with zero attached hydrogens (tertiary/aromatic N) is 3. The van der Waals surface area contributed by atoms with Crippen molar-refractivity contribution >= 4 is 11.0 Å². The van der Waals surface area contributed by atoms with Crippen LogP contribution in [0.2, 0.25) is 0 Å². The molecule has 0 aliphatic carbocycles. The van der Waals surface area contributed by atoms with E-state index in [1.165, 1.54) is 11.9 Å². The Labute approximate surface area is 120 Å². The Bertz CT molecular complexity index is 579. The first-order valence-electron chi connectivity index (χ1n) is 7.50. The van der Waals surface area contributed by atoms with Crippen LogP contribution < -0.4 is 5.32 Å². The summed E-state index contributed by atoms with van der Waals surface area (Å²) in [5, 5.41) is 3.68. The van der Waals surface area contributed by atoms with Crippen molar-refractivity contribution < 1.29 is 0 Å². The molecule has 1 aliphatic rings. The van der Waals surface area contributed by atoms with Gasteiger partial charge in [-0.25, -0.2) is 4.98 Å². The molecule has 0 spiro atoms. The summed E-state index contributed by atoms with van der Waals surface area (Å²) in [6.45, 7) is 7.54. The van der Waals surface area contributed by atoms with Crippen molar-refractivity contribution in [2.75, 3.05) is 20.1 Å². The number of likely N-dealkylation sites (N-methyl/N-ethyl adjacent to an activating group) is 1. The molecule has 2 aromatic rings. The molecule has 20 heavy (non-hydrogen) atoms. The molecule has 1 aliphatic heterocycles. The fourth-order valence-corrected chi connectivity index (χ4v) is 3.20. The van der Waals surface area contributed by atoms with E-state index in [9.17, 15) is 0 Å². The van der Waals surface area contributed by atoms with Crippen LogP contribution in [0.5, 0.6) is 0 Å². The largest absolute Gasteiger partial charge is 0.327 e. The molecule has 0 radical (unpaired) electrons. The van der Waals surface area contributed by atoms with E-state index in [0.29, 0.717) is 12.1 Å². The molecular formula is C16H24N4. The highest BCUT2D eigenvalue weighted by molar-refractivity contribution is 5.75. The number of hydrogen-bond acceptors (Lipinski definition) is 3. The number of aromatic nitrogens is 2. The molecule has 1 aromatic heterocycles. The van der Waals surface area contributed by atoms with Gasteiger partial charge in [-0.1, -0.05) is 12.1 Å². The minimum absolute atomic E-state index is 0.630. The van der Waals surface area contributed by atoms with E-state index in [4.69, 9.17) is 0 Å². The summed E-state index contributed by atoms with van der Waals surface area (Å²) in [5.74, 6) is 1.10. The van der Waals surface area contributed by atoms with Crippen LogP contribution in [-0.4, -0.2) is 46.7 Å². The fraction of sp³-hybridized carbons (Fsp3) is 0.562. The average Bonchev–Trinajstić information content (AvgIpc) is 2.91. The molecule has 0 saturated carbocycles. The van der Waals surface area contributed by atoms with Gasteiger partial charge in [0.05, 0.1) is 11.0 Å². The number of likely N-dealkylation sites (tertiary alicyclic amines) is 1. The van der Waals surface area contributed by atoms with Gasteiger partial charge in [0.25, 0.3) is 0 Å². The molecule has 4 nitrogen and oxygen atoms in total. The predicted octanol–water partition coefficient (Wildman–Crippen LogP) is 2.03. The van der Waals surface area contributed by atoms with E-state index in [0.717, 1.165) is 31.0 Å². The smallest absolute Gasteiger partial charge is 0.106 e. The maximum Gasteiger partial charge on any atom is 0.106 e. The lowest BCUT2D eigenvalue weighted by atomic mass is 10.2. The number of imidazole rings is 1. The summed E-state index contributed by atoms with van der Waals surface area (Å²) in [4.78, 5) is 7.04. The SMILES string of the molecule is Cc1nc2ccccc2n1CCNC1CC(C)N(C)C1. The van der Waals surface area contributed by atoms with E-state index in [1.54, 1.807) is 0 Å². The lowest BCUT2D eigenvalue weighted by Crippen LogP contribution is -2.33. The molecule has 4 heteroatoms. The first-order valence-corrected chi connectivity index (χ1v) is 7.50. The van der Waals surface area contributed by atoms with Crippen molar-refractivity contribution in [1.29, 1.82) is 0 Å². The van der Waals surface area contributed by atoms with Crippen molar-refractivity contribution in [3.05, 3.63) is 30.1 Å². The van der Waals surface area contributed by atoms with Gasteiger partial charge in [-0.15, -0.1) is 0 Å². The third-order valence-electron chi connectivity index (χ3n) is 4.50. The minimum atomic E-state index is 0.630. The van der Waals surface area contributed by atoms with Crippen LogP contribution in [0.3, 0.4) is 0 Å². The first kappa shape index (κ1) is 13.6. The van der Waals surface area contributed by atoms with Crippen molar-refractivity contribution in [1.82, 2.24) is 19.8 Å². The quantitative estimate of drug-likeness (QED) is 0.924. The normalized spacial score (nSPS) is 23.8. The zero-order valence-corrected chi connectivity index (χ0v) is 12.6. The Morgan fingerprint density at radius 1 is 1.35 bits per heavy atom. The van der Waals surface area contributed by atoms with E-state index < -0.39 is 0 Å². The molecule has 0 bridgehead atoms. The Kier molecular flexibility index (Phi) is 3.76. The highest BCUT2D eigenvalue weighted by Crippen LogP contribution is 2.16. The van der Waals surface area contributed by atoms with Crippen LogP contribution in [0.4, 0.5) is 0 Å². The predicted molar refractivity (Wildman–Crippen MR) is 83.0 cm³/mol. The third-order valence-corrected chi connectivity index (χ3v) is 4.50. The number of aryl methyl sites for hydroxylation is 1. The standard InChI is InChI=1S/C16H24N4/c1-12-10-14(11-19(12)3)17-8-9-20-13(2)18-15-6-4-5-7-16(15)20/h4-7,12,14,17H,8-11H2,1-3H3. The molecule has 1 fully saturated rings. The summed E-state index contributed by atoms with van der Waals surface area (Å²) in [6, 6.07) is 9.70. The van der Waals surface area contributed by atoms with Gasteiger partial charge < -0.3 is 14.8 Å². The van der Waals surface area contributed by atoms with Crippen LogP contribution in [0.25, 0.3) is 11.0 Å². The second kappa shape index (κ2) is 5.54. The molecule has 108 valence electrons. The van der Waals surface area contributed by atoms with Gasteiger partial charge in [0.1, 0.15) is 5.82 Å². The molecule has 3 rings (SSSR count). The summed E-state index contributed by atoms with van der Waals surface area (Å²) < 4.78 is 2.31. The number of benzene rings is 1. The number of rotatable bonds is 4. The zero-order valence-electron chi connectivity index (χ0n) is 12.6. The van der Waals surface area contributed by atoms with E-state index >= 15 is 0 Å². The van der Waals surface area contributed by atoms with Crippen LogP contribution in [0.15, 0.2) is 24.3 Å². The van der Waals surface area contributed by atoms with Gasteiger partial charge in [-0.3, -0.25) is 0 Å². The number of nitrogens with one attached hydrogen (secondary N) is 1. The van der Waals surface area contributed by atoms with Crippen LogP contribution in [0.1, 0.15) is 19.2 Å². The summed E-state index contributed by atoms with van der Waals surface area (Å²) in [7, 11) is 2.21. The van der Waals surface area contributed by atoms with Gasteiger partial charge in [0, 0.05) is 31.7 Å². The molecule has 1 N–H and O–H groups in total. The van der Waals surface area contributed by atoms with Crippen molar-refractivity contribution in [2.24, 2.45) is 0 Å². The topological polar surface area (TPSA) is 33.1 Å². The molecule has 2 heterocycles. The average molecular weight is 272 g/mol. The summed E-state index contributed by atoms with van der Waals surface area (Å²) in [5.41, 5.74) is 2.34.